The molecule has 8 atom stereocenters. The number of benzene rings is 1. The van der Waals surface area contributed by atoms with Gasteiger partial charge in [0.05, 0.1) is 37.0 Å². The molecule has 34 heavy (non-hydrogen) atoms. The zero-order valence-corrected chi connectivity index (χ0v) is 19.3. The van der Waals surface area contributed by atoms with Crippen molar-refractivity contribution in [3.05, 3.63) is 35.9 Å². The molecule has 4 amide bonds. The zero-order chi connectivity index (χ0) is 23.1. The van der Waals surface area contributed by atoms with Gasteiger partial charge < -0.3 is 0 Å². The lowest BCUT2D eigenvalue weighted by Gasteiger charge is -2.31. The predicted molar refractivity (Wildman–Crippen MR) is 121 cm³/mol. The maximum absolute atomic E-state index is 13.3. The van der Waals surface area contributed by atoms with E-state index < -0.39 is 0 Å². The summed E-state index contributed by atoms with van der Waals surface area (Å²) in [5.74, 6) is 0.555. The Bertz CT molecular complexity index is 953. The van der Waals surface area contributed by atoms with Crippen LogP contribution in [-0.4, -0.2) is 51.7 Å². The summed E-state index contributed by atoms with van der Waals surface area (Å²) >= 11 is 0. The Morgan fingerprint density at radius 3 is 1.38 bits per heavy atom. The molecule has 6 fully saturated rings. The number of rotatable bonds is 6. The highest BCUT2D eigenvalue weighted by Gasteiger charge is 2.62. The molecule has 4 bridgehead atoms. The van der Waals surface area contributed by atoms with Crippen LogP contribution in [0.25, 0.3) is 0 Å². The van der Waals surface area contributed by atoms with E-state index in [1.54, 1.807) is 0 Å². The summed E-state index contributed by atoms with van der Waals surface area (Å²) in [7, 11) is 0. The first-order chi connectivity index (χ1) is 16.5. The van der Waals surface area contributed by atoms with Gasteiger partial charge in [0, 0.05) is 6.54 Å². The molecular formula is C27H31N3O4. The summed E-state index contributed by atoms with van der Waals surface area (Å²) in [6, 6.07) is 9.85. The molecule has 7 rings (SSSR count). The summed E-state index contributed by atoms with van der Waals surface area (Å²) in [5, 5.41) is 0. The number of carbonyl (C=O) groups is 4. The van der Waals surface area contributed by atoms with Crippen LogP contribution in [0.15, 0.2) is 30.3 Å². The standard InChI is InChI=1S/C27H31N3O4/c31-24-20-16-6-7-17(10-16)21(20)25(32)29(24)13-28(12-15-4-2-1-3-5-15)14-30-26(33)22-18-8-9-19(11-18)23(22)27(30)34/h1-5,16-23H,6-14H2. The van der Waals surface area contributed by atoms with E-state index in [-0.39, 0.29) is 60.6 Å². The highest BCUT2D eigenvalue weighted by Crippen LogP contribution is 2.57. The number of amides is 4. The van der Waals surface area contributed by atoms with Crippen LogP contribution in [0.3, 0.4) is 0 Å². The van der Waals surface area contributed by atoms with Crippen LogP contribution < -0.4 is 0 Å². The molecule has 1 aromatic rings. The van der Waals surface area contributed by atoms with Gasteiger partial charge >= 0.3 is 0 Å². The molecule has 178 valence electrons. The van der Waals surface area contributed by atoms with Gasteiger partial charge in [-0.05, 0) is 67.8 Å². The Labute approximate surface area is 199 Å². The molecule has 0 spiro atoms. The minimum Gasteiger partial charge on any atom is -0.274 e. The van der Waals surface area contributed by atoms with E-state index in [9.17, 15) is 19.2 Å². The number of likely N-dealkylation sites (tertiary alicyclic amines) is 2. The summed E-state index contributed by atoms with van der Waals surface area (Å²) in [5.41, 5.74) is 1.03. The maximum Gasteiger partial charge on any atom is 0.234 e. The Morgan fingerprint density at radius 2 is 1.00 bits per heavy atom. The number of nitrogens with zero attached hydrogens (tertiary/aromatic N) is 3. The molecule has 2 aliphatic heterocycles. The second-order valence-corrected chi connectivity index (χ2v) is 11.6. The number of imide groups is 2. The average Bonchev–Trinajstić information content (AvgIpc) is 3.68. The Balaban J connectivity index is 1.14. The van der Waals surface area contributed by atoms with Gasteiger partial charge in [-0.25, -0.2) is 0 Å². The number of carbonyl (C=O) groups excluding carboxylic acids is 4. The predicted octanol–water partition coefficient (Wildman–Crippen LogP) is 2.47. The average molecular weight is 462 g/mol. The third-order valence-electron chi connectivity index (χ3n) is 9.97. The molecule has 2 saturated heterocycles. The van der Waals surface area contributed by atoms with Gasteiger partial charge in [-0.1, -0.05) is 30.3 Å². The van der Waals surface area contributed by atoms with Gasteiger partial charge in [-0.2, -0.15) is 0 Å². The first-order valence-electron chi connectivity index (χ1n) is 13.0. The van der Waals surface area contributed by atoms with Crippen molar-refractivity contribution in [3.8, 4) is 0 Å². The smallest absolute Gasteiger partial charge is 0.234 e. The fourth-order valence-corrected chi connectivity index (χ4v) is 8.61. The fourth-order valence-electron chi connectivity index (χ4n) is 8.61. The third-order valence-corrected chi connectivity index (χ3v) is 9.97. The monoisotopic (exact) mass is 461 g/mol. The van der Waals surface area contributed by atoms with Gasteiger partial charge in [0.1, 0.15) is 0 Å². The maximum atomic E-state index is 13.3. The van der Waals surface area contributed by atoms with Gasteiger partial charge in [0.25, 0.3) is 0 Å². The first kappa shape index (κ1) is 20.8. The van der Waals surface area contributed by atoms with Gasteiger partial charge in [0.15, 0.2) is 0 Å². The molecule has 0 aromatic heterocycles. The molecule has 1 aromatic carbocycles. The lowest BCUT2D eigenvalue weighted by molar-refractivity contribution is -0.146. The quantitative estimate of drug-likeness (QED) is 0.609. The molecule has 4 saturated carbocycles. The van der Waals surface area contributed by atoms with Crippen molar-refractivity contribution in [2.45, 2.75) is 45.1 Å². The summed E-state index contributed by atoms with van der Waals surface area (Å²) in [6.45, 7) is 0.746. The van der Waals surface area contributed by atoms with Crippen molar-refractivity contribution < 1.29 is 19.2 Å². The van der Waals surface area contributed by atoms with Gasteiger partial charge in [-0.3, -0.25) is 33.9 Å². The van der Waals surface area contributed by atoms with Crippen LogP contribution in [0, 0.1) is 47.3 Å². The van der Waals surface area contributed by atoms with Crippen LogP contribution in [-0.2, 0) is 25.7 Å². The normalized spacial score (nSPS) is 39.8. The zero-order valence-electron chi connectivity index (χ0n) is 19.3. The summed E-state index contributed by atoms with van der Waals surface area (Å²) in [4.78, 5) is 58.1. The van der Waals surface area contributed by atoms with E-state index in [4.69, 9.17) is 0 Å². The molecule has 8 unspecified atom stereocenters. The molecule has 2 heterocycles. The second kappa shape index (κ2) is 7.48. The van der Waals surface area contributed by atoms with E-state index in [1.807, 2.05) is 35.2 Å². The molecule has 4 aliphatic carbocycles. The summed E-state index contributed by atoms with van der Waals surface area (Å²) < 4.78 is 0. The Kier molecular flexibility index (Phi) is 4.57. The van der Waals surface area contributed by atoms with Crippen LogP contribution >= 0.6 is 0 Å². The van der Waals surface area contributed by atoms with E-state index in [1.165, 1.54) is 9.80 Å². The topological polar surface area (TPSA) is 78.0 Å². The number of hydrogen-bond donors (Lipinski definition) is 0. The second-order valence-electron chi connectivity index (χ2n) is 11.6. The fraction of sp³-hybridized carbons (Fsp3) is 0.630. The number of fused-ring (bicyclic) bond motifs is 10. The van der Waals surface area contributed by atoms with Crippen LogP contribution in [0.5, 0.6) is 0 Å². The van der Waals surface area contributed by atoms with Crippen LogP contribution in [0.2, 0.25) is 0 Å². The largest absolute Gasteiger partial charge is 0.274 e. The third kappa shape index (κ3) is 2.85. The van der Waals surface area contributed by atoms with Crippen LogP contribution in [0.1, 0.15) is 44.1 Å². The van der Waals surface area contributed by atoms with E-state index >= 15 is 0 Å². The summed E-state index contributed by atoms with van der Waals surface area (Å²) in [6.07, 6.45) is 6.22. The van der Waals surface area contributed by atoms with Crippen molar-refractivity contribution in [3.63, 3.8) is 0 Å². The molecule has 0 N–H and O–H groups in total. The lowest BCUT2D eigenvalue weighted by Crippen LogP contribution is -2.48. The highest BCUT2D eigenvalue weighted by atomic mass is 16.2. The van der Waals surface area contributed by atoms with Gasteiger partial charge in [-0.15, -0.1) is 0 Å². The molecular weight excluding hydrogens is 430 g/mol. The van der Waals surface area contributed by atoms with Crippen molar-refractivity contribution in [2.24, 2.45) is 47.3 Å². The minimum atomic E-state index is -0.158. The first-order valence-corrected chi connectivity index (χ1v) is 13.0. The minimum absolute atomic E-state index is 0.0470. The number of hydrogen-bond acceptors (Lipinski definition) is 5. The van der Waals surface area contributed by atoms with Crippen LogP contribution in [0.4, 0.5) is 0 Å². The van der Waals surface area contributed by atoms with Gasteiger partial charge in [0.2, 0.25) is 23.6 Å². The highest BCUT2D eigenvalue weighted by molar-refractivity contribution is 6.07. The Morgan fingerprint density at radius 1 is 0.618 bits per heavy atom. The van der Waals surface area contributed by atoms with E-state index in [0.29, 0.717) is 30.2 Å². The van der Waals surface area contributed by atoms with Crippen molar-refractivity contribution in [1.82, 2.24) is 14.7 Å². The SMILES string of the molecule is O=C1C2C3CCC(C3)C2C(=O)N1CN(Cc1ccccc1)CN1C(=O)C2C3CCC(C3)C2C1=O. The molecule has 6 aliphatic rings. The molecule has 7 nitrogen and oxygen atoms in total. The van der Waals surface area contributed by atoms with Crippen molar-refractivity contribution >= 4 is 23.6 Å². The van der Waals surface area contributed by atoms with E-state index in [2.05, 4.69) is 0 Å². The molecule has 7 heteroatoms. The van der Waals surface area contributed by atoms with Crippen molar-refractivity contribution in [2.75, 3.05) is 13.3 Å². The Hall–Kier alpha value is -2.54. The molecule has 0 radical (unpaired) electrons. The lowest BCUT2D eigenvalue weighted by atomic mass is 9.81. The van der Waals surface area contributed by atoms with Crippen molar-refractivity contribution in [1.29, 1.82) is 0 Å². The van der Waals surface area contributed by atoms with E-state index in [0.717, 1.165) is 44.1 Å².